The fourth-order valence-electron chi connectivity index (χ4n) is 4.26. The summed E-state index contributed by atoms with van der Waals surface area (Å²) in [6, 6.07) is 18.1. The van der Waals surface area contributed by atoms with Gasteiger partial charge >= 0.3 is 0 Å². The maximum Gasteiger partial charge on any atom is 0.260 e. The molecule has 2 fully saturated rings. The molecule has 164 valence electrons. The molecule has 0 unspecified atom stereocenters. The van der Waals surface area contributed by atoms with Crippen molar-refractivity contribution in [2.45, 2.75) is 19.3 Å². The van der Waals surface area contributed by atoms with Crippen LogP contribution in [-0.2, 0) is 20.7 Å². The molecule has 2 aliphatic heterocycles. The highest BCUT2D eigenvalue weighted by atomic mass is 16.5. The first-order valence-electron chi connectivity index (χ1n) is 11.1. The minimum atomic E-state index is -0.0215. The Morgan fingerprint density at radius 1 is 0.871 bits per heavy atom. The first-order chi connectivity index (χ1) is 15.2. The predicted molar refractivity (Wildman–Crippen MR) is 118 cm³/mol. The van der Waals surface area contributed by atoms with E-state index in [4.69, 9.17) is 9.47 Å². The summed E-state index contributed by atoms with van der Waals surface area (Å²) in [7, 11) is 0. The molecule has 2 heterocycles. The number of rotatable bonds is 6. The number of likely N-dealkylation sites (tertiary alicyclic amines) is 1. The first kappa shape index (κ1) is 21.4. The summed E-state index contributed by atoms with van der Waals surface area (Å²) in [5.74, 6) is 0.944. The molecule has 31 heavy (non-hydrogen) atoms. The van der Waals surface area contributed by atoms with Crippen molar-refractivity contribution in [1.82, 2.24) is 9.80 Å². The van der Waals surface area contributed by atoms with E-state index >= 15 is 0 Å². The number of ether oxygens (including phenoxy) is 2. The van der Waals surface area contributed by atoms with Gasteiger partial charge in [-0.15, -0.1) is 0 Å². The van der Waals surface area contributed by atoms with Crippen molar-refractivity contribution in [2.75, 3.05) is 46.0 Å². The summed E-state index contributed by atoms with van der Waals surface area (Å²) >= 11 is 0. The van der Waals surface area contributed by atoms with Gasteiger partial charge < -0.3 is 19.3 Å². The fraction of sp³-hybridized carbons (Fsp3) is 0.440. The first-order valence-corrected chi connectivity index (χ1v) is 11.1. The zero-order valence-corrected chi connectivity index (χ0v) is 17.9. The zero-order chi connectivity index (χ0) is 21.5. The lowest BCUT2D eigenvalue weighted by molar-refractivity contribution is -0.144. The van der Waals surface area contributed by atoms with Crippen molar-refractivity contribution in [3.63, 3.8) is 0 Å². The average molecular weight is 423 g/mol. The van der Waals surface area contributed by atoms with E-state index in [0.717, 1.165) is 17.7 Å². The average Bonchev–Trinajstić information content (AvgIpc) is 2.84. The third kappa shape index (κ3) is 5.64. The van der Waals surface area contributed by atoms with Gasteiger partial charge in [-0.2, -0.15) is 0 Å². The summed E-state index contributed by atoms with van der Waals surface area (Å²) in [6.45, 7) is 3.82. The molecule has 2 amide bonds. The molecule has 0 aromatic heterocycles. The molecular formula is C25H30N2O4. The van der Waals surface area contributed by atoms with Crippen LogP contribution in [0.3, 0.4) is 0 Å². The monoisotopic (exact) mass is 422 g/mol. The van der Waals surface area contributed by atoms with Crippen LogP contribution in [0.2, 0.25) is 0 Å². The minimum Gasteiger partial charge on any atom is -0.483 e. The second-order valence-corrected chi connectivity index (χ2v) is 8.15. The Morgan fingerprint density at radius 3 is 2.29 bits per heavy atom. The molecule has 0 bridgehead atoms. The van der Waals surface area contributed by atoms with E-state index in [2.05, 4.69) is 12.1 Å². The van der Waals surface area contributed by atoms with Crippen LogP contribution >= 0.6 is 0 Å². The molecule has 0 radical (unpaired) electrons. The number of carbonyl (C=O) groups excluding carboxylic acids is 2. The Bertz CT molecular complexity index is 872. The lowest BCUT2D eigenvalue weighted by Crippen LogP contribution is -2.48. The number of carbonyl (C=O) groups is 2. The third-order valence-electron chi connectivity index (χ3n) is 6.08. The number of hydrogen-bond donors (Lipinski definition) is 0. The number of hydrogen-bond acceptors (Lipinski definition) is 4. The Balaban J connectivity index is 1.27. The predicted octanol–water partition coefficient (Wildman–Crippen LogP) is 2.75. The van der Waals surface area contributed by atoms with Crippen molar-refractivity contribution in [1.29, 1.82) is 0 Å². The molecule has 0 aliphatic carbocycles. The van der Waals surface area contributed by atoms with Gasteiger partial charge in [0.05, 0.1) is 13.2 Å². The van der Waals surface area contributed by atoms with E-state index in [-0.39, 0.29) is 24.3 Å². The Morgan fingerprint density at radius 2 is 1.55 bits per heavy atom. The zero-order valence-electron chi connectivity index (χ0n) is 17.9. The van der Waals surface area contributed by atoms with E-state index in [1.54, 1.807) is 0 Å². The number of nitrogens with zero attached hydrogens (tertiary/aromatic N) is 2. The molecule has 0 N–H and O–H groups in total. The van der Waals surface area contributed by atoms with Crippen LogP contribution in [0.4, 0.5) is 0 Å². The highest BCUT2D eigenvalue weighted by molar-refractivity contribution is 5.80. The Labute approximate surface area is 183 Å². The fourth-order valence-corrected chi connectivity index (χ4v) is 4.26. The molecule has 2 aliphatic rings. The van der Waals surface area contributed by atoms with Crippen molar-refractivity contribution in [2.24, 2.45) is 5.92 Å². The van der Waals surface area contributed by atoms with Gasteiger partial charge in [0, 0.05) is 38.5 Å². The summed E-state index contributed by atoms with van der Waals surface area (Å²) in [4.78, 5) is 29.1. The number of para-hydroxylation sites is 1. The number of piperidine rings is 1. The lowest BCUT2D eigenvalue weighted by Gasteiger charge is -2.35. The molecule has 2 saturated heterocycles. The van der Waals surface area contributed by atoms with Crippen LogP contribution < -0.4 is 4.74 Å². The summed E-state index contributed by atoms with van der Waals surface area (Å²) in [5.41, 5.74) is 2.27. The van der Waals surface area contributed by atoms with Crippen molar-refractivity contribution < 1.29 is 19.1 Å². The summed E-state index contributed by atoms with van der Waals surface area (Å²) in [6.07, 6.45) is 2.19. The third-order valence-corrected chi connectivity index (χ3v) is 6.08. The Kier molecular flexibility index (Phi) is 7.20. The van der Waals surface area contributed by atoms with E-state index < -0.39 is 0 Å². The molecular weight excluding hydrogens is 392 g/mol. The number of amides is 2. The quantitative estimate of drug-likeness (QED) is 0.718. The highest BCUT2D eigenvalue weighted by Crippen LogP contribution is 2.23. The molecule has 0 spiro atoms. The van der Waals surface area contributed by atoms with E-state index in [9.17, 15) is 9.59 Å². The molecule has 6 heteroatoms. The van der Waals surface area contributed by atoms with Crippen LogP contribution in [0.5, 0.6) is 5.75 Å². The summed E-state index contributed by atoms with van der Waals surface area (Å²) in [5, 5.41) is 0. The van der Waals surface area contributed by atoms with Gasteiger partial charge in [-0.05, 0) is 30.0 Å². The normalized spacial score (nSPS) is 17.4. The van der Waals surface area contributed by atoms with Gasteiger partial charge in [0.2, 0.25) is 5.91 Å². The molecule has 4 rings (SSSR count). The number of benzene rings is 2. The standard InChI is InChI=1S/C25H30N2O4/c28-24(26-12-10-21(11-13-26)25(29)27-14-16-30-17-15-27)19-31-23-9-5-4-8-22(23)18-20-6-2-1-3-7-20/h1-9,21H,10-19H2. The number of morpholine rings is 1. The molecule has 6 nitrogen and oxygen atoms in total. The van der Waals surface area contributed by atoms with E-state index in [1.807, 2.05) is 52.3 Å². The molecule has 2 aromatic carbocycles. The Hall–Kier alpha value is -2.86. The van der Waals surface area contributed by atoms with Crippen LogP contribution in [0, 0.1) is 5.92 Å². The van der Waals surface area contributed by atoms with Gasteiger partial charge in [0.15, 0.2) is 6.61 Å². The molecule has 2 aromatic rings. The van der Waals surface area contributed by atoms with Crippen LogP contribution in [0.25, 0.3) is 0 Å². The highest BCUT2D eigenvalue weighted by Gasteiger charge is 2.31. The van der Waals surface area contributed by atoms with Crippen LogP contribution in [0.1, 0.15) is 24.0 Å². The van der Waals surface area contributed by atoms with Crippen molar-refractivity contribution in [3.05, 3.63) is 65.7 Å². The van der Waals surface area contributed by atoms with Crippen LogP contribution in [-0.4, -0.2) is 67.6 Å². The van der Waals surface area contributed by atoms with Gasteiger partial charge in [-0.3, -0.25) is 9.59 Å². The van der Waals surface area contributed by atoms with Gasteiger partial charge in [-0.1, -0.05) is 48.5 Å². The van der Waals surface area contributed by atoms with Crippen molar-refractivity contribution in [3.8, 4) is 5.75 Å². The second-order valence-electron chi connectivity index (χ2n) is 8.15. The van der Waals surface area contributed by atoms with Gasteiger partial charge in [-0.25, -0.2) is 0 Å². The SMILES string of the molecule is O=C(COc1ccccc1Cc1ccccc1)N1CCC(C(=O)N2CCOCC2)CC1. The van der Waals surface area contributed by atoms with Gasteiger partial charge in [0.25, 0.3) is 5.91 Å². The topological polar surface area (TPSA) is 59.1 Å². The second kappa shape index (κ2) is 10.4. The maximum absolute atomic E-state index is 12.7. The molecule has 0 saturated carbocycles. The summed E-state index contributed by atoms with van der Waals surface area (Å²) < 4.78 is 11.2. The smallest absolute Gasteiger partial charge is 0.260 e. The molecule has 0 atom stereocenters. The van der Waals surface area contributed by atoms with E-state index in [0.29, 0.717) is 52.2 Å². The van der Waals surface area contributed by atoms with Gasteiger partial charge in [0.1, 0.15) is 5.75 Å². The van der Waals surface area contributed by atoms with E-state index in [1.165, 1.54) is 5.56 Å². The van der Waals surface area contributed by atoms with Crippen molar-refractivity contribution >= 4 is 11.8 Å². The largest absolute Gasteiger partial charge is 0.483 e. The van der Waals surface area contributed by atoms with Crippen LogP contribution in [0.15, 0.2) is 54.6 Å². The maximum atomic E-state index is 12.7. The lowest BCUT2D eigenvalue weighted by atomic mass is 9.95. The minimum absolute atomic E-state index is 0.00895.